The lowest BCUT2D eigenvalue weighted by molar-refractivity contribution is 0.0954. The molecule has 0 saturated heterocycles. The van der Waals surface area contributed by atoms with Crippen LogP contribution in [0.4, 0.5) is 0 Å². The Bertz CT molecular complexity index is 469. The second-order valence-electron chi connectivity index (χ2n) is 3.60. The molecule has 0 aliphatic heterocycles. The molecule has 88 valence electrons. The number of nitrogens with one attached hydrogen (secondary N) is 1. The first-order chi connectivity index (χ1) is 8.27. The highest BCUT2D eigenvalue weighted by Gasteiger charge is 2.10. The van der Waals surface area contributed by atoms with E-state index in [2.05, 4.69) is 5.32 Å². The Morgan fingerprint density at radius 1 is 1.29 bits per heavy atom. The van der Waals surface area contributed by atoms with E-state index in [1.54, 1.807) is 6.07 Å². The number of amides is 1. The first kappa shape index (κ1) is 12.1. The van der Waals surface area contributed by atoms with E-state index in [0.717, 1.165) is 5.56 Å². The monoisotopic (exact) mass is 265 g/mol. The van der Waals surface area contributed by atoms with Crippen molar-refractivity contribution in [2.24, 2.45) is 0 Å². The maximum Gasteiger partial charge on any atom is 0.252 e. The molecule has 4 heteroatoms. The highest BCUT2D eigenvalue weighted by molar-refractivity contribution is 7.08. The van der Waals surface area contributed by atoms with E-state index < -0.39 is 0 Å². The fraction of sp³-hybridized carbons (Fsp3) is 0.154. The minimum Gasteiger partial charge on any atom is -0.350 e. The van der Waals surface area contributed by atoms with Crippen LogP contribution in [0, 0.1) is 0 Å². The molecule has 0 spiro atoms. The molecule has 1 atom stereocenters. The van der Waals surface area contributed by atoms with Crippen LogP contribution in [-0.2, 0) is 0 Å². The number of carbonyl (C=O) groups excluding carboxylic acids is 1. The third-order valence-electron chi connectivity index (χ3n) is 2.39. The average Bonchev–Trinajstić information content (AvgIpc) is 2.90. The molecule has 2 rings (SSSR count). The van der Waals surface area contributed by atoms with Crippen LogP contribution < -0.4 is 5.32 Å². The van der Waals surface area contributed by atoms with Gasteiger partial charge >= 0.3 is 0 Å². The minimum atomic E-state index is -0.196. The number of thiophene rings is 1. The molecule has 0 bridgehead atoms. The molecule has 0 radical (unpaired) electrons. The van der Waals surface area contributed by atoms with Crippen LogP contribution in [0.5, 0.6) is 0 Å². The summed E-state index contributed by atoms with van der Waals surface area (Å²) in [6, 6.07) is 11.5. The van der Waals surface area contributed by atoms with Crippen molar-refractivity contribution in [3.05, 3.63) is 58.3 Å². The van der Waals surface area contributed by atoms with Gasteiger partial charge in [0.05, 0.1) is 5.38 Å². The Morgan fingerprint density at radius 2 is 2.06 bits per heavy atom. The number of halogens is 1. The fourth-order valence-corrected chi connectivity index (χ4v) is 2.32. The van der Waals surface area contributed by atoms with E-state index in [4.69, 9.17) is 11.6 Å². The van der Waals surface area contributed by atoms with Gasteiger partial charge in [-0.15, -0.1) is 11.6 Å². The maximum absolute atomic E-state index is 11.7. The van der Waals surface area contributed by atoms with Crippen LogP contribution in [0.15, 0.2) is 47.2 Å². The van der Waals surface area contributed by atoms with Gasteiger partial charge in [0.25, 0.3) is 5.91 Å². The fourth-order valence-electron chi connectivity index (χ4n) is 1.46. The van der Waals surface area contributed by atoms with Gasteiger partial charge in [-0.1, -0.05) is 30.3 Å². The quantitative estimate of drug-likeness (QED) is 0.843. The van der Waals surface area contributed by atoms with Crippen LogP contribution in [-0.4, -0.2) is 12.5 Å². The zero-order valence-electron chi connectivity index (χ0n) is 9.10. The van der Waals surface area contributed by atoms with Gasteiger partial charge in [0.2, 0.25) is 0 Å². The van der Waals surface area contributed by atoms with Crippen LogP contribution in [0.1, 0.15) is 21.3 Å². The van der Waals surface area contributed by atoms with Crippen LogP contribution in [0.25, 0.3) is 0 Å². The Hall–Kier alpha value is -1.32. The lowest BCUT2D eigenvalue weighted by atomic mass is 10.1. The van der Waals surface area contributed by atoms with E-state index in [9.17, 15) is 4.79 Å². The molecule has 1 aromatic heterocycles. The second-order valence-corrected chi connectivity index (χ2v) is 4.91. The summed E-state index contributed by atoms with van der Waals surface area (Å²) in [4.78, 5) is 11.7. The van der Waals surface area contributed by atoms with Crippen LogP contribution in [0.3, 0.4) is 0 Å². The molecule has 1 N–H and O–H groups in total. The molecule has 1 heterocycles. The Labute approximate surface area is 109 Å². The number of alkyl halides is 1. The summed E-state index contributed by atoms with van der Waals surface area (Å²) in [6.07, 6.45) is 0. The van der Waals surface area contributed by atoms with Gasteiger partial charge in [-0.05, 0) is 17.0 Å². The molecule has 1 amide bonds. The van der Waals surface area contributed by atoms with Gasteiger partial charge < -0.3 is 5.32 Å². The van der Waals surface area contributed by atoms with Crippen molar-refractivity contribution in [3.63, 3.8) is 0 Å². The molecular weight excluding hydrogens is 254 g/mol. The Kier molecular flexibility index (Phi) is 4.18. The first-order valence-corrected chi connectivity index (χ1v) is 6.64. The van der Waals surface area contributed by atoms with Gasteiger partial charge in [0.15, 0.2) is 0 Å². The van der Waals surface area contributed by atoms with Crippen LogP contribution >= 0.6 is 22.9 Å². The number of carbonyl (C=O) groups is 1. The summed E-state index contributed by atoms with van der Waals surface area (Å²) < 4.78 is 0. The van der Waals surface area contributed by atoms with E-state index in [-0.39, 0.29) is 11.3 Å². The van der Waals surface area contributed by atoms with Gasteiger partial charge in [-0.25, -0.2) is 0 Å². The van der Waals surface area contributed by atoms with E-state index >= 15 is 0 Å². The van der Waals surface area contributed by atoms with Gasteiger partial charge in [-0.2, -0.15) is 11.3 Å². The highest BCUT2D eigenvalue weighted by atomic mass is 35.5. The molecule has 0 saturated carbocycles. The largest absolute Gasteiger partial charge is 0.350 e. The summed E-state index contributed by atoms with van der Waals surface area (Å²) in [5.74, 6) is -0.0761. The van der Waals surface area contributed by atoms with E-state index in [1.807, 2.05) is 41.1 Å². The second kappa shape index (κ2) is 5.84. The minimum absolute atomic E-state index is 0.0761. The molecule has 2 nitrogen and oxygen atoms in total. The molecule has 17 heavy (non-hydrogen) atoms. The third kappa shape index (κ3) is 3.32. The van der Waals surface area contributed by atoms with Gasteiger partial charge in [-0.3, -0.25) is 4.79 Å². The third-order valence-corrected chi connectivity index (χ3v) is 3.48. The van der Waals surface area contributed by atoms with Crippen molar-refractivity contribution < 1.29 is 4.79 Å². The average molecular weight is 266 g/mol. The van der Waals surface area contributed by atoms with Gasteiger partial charge in [0, 0.05) is 17.5 Å². The molecule has 0 aliphatic carbocycles. The Morgan fingerprint density at radius 3 is 2.71 bits per heavy atom. The van der Waals surface area contributed by atoms with Crippen molar-refractivity contribution in [3.8, 4) is 0 Å². The molecule has 1 aromatic carbocycles. The number of hydrogen-bond donors (Lipinski definition) is 1. The number of rotatable bonds is 4. The lowest BCUT2D eigenvalue weighted by Gasteiger charge is -2.10. The summed E-state index contributed by atoms with van der Waals surface area (Å²) in [5.41, 5.74) is 1.70. The summed E-state index contributed by atoms with van der Waals surface area (Å²) in [6.45, 7) is 0.431. The summed E-state index contributed by atoms with van der Waals surface area (Å²) in [5, 5.41) is 6.32. The Balaban J connectivity index is 1.89. The van der Waals surface area contributed by atoms with Gasteiger partial charge in [0.1, 0.15) is 0 Å². The van der Waals surface area contributed by atoms with Crippen molar-refractivity contribution in [2.75, 3.05) is 6.54 Å². The van der Waals surface area contributed by atoms with Crippen molar-refractivity contribution in [2.45, 2.75) is 5.38 Å². The maximum atomic E-state index is 11.7. The van der Waals surface area contributed by atoms with Crippen LogP contribution in [0.2, 0.25) is 0 Å². The topological polar surface area (TPSA) is 29.1 Å². The zero-order chi connectivity index (χ0) is 12.1. The smallest absolute Gasteiger partial charge is 0.252 e. The summed E-state index contributed by atoms with van der Waals surface area (Å²) in [7, 11) is 0. The van der Waals surface area contributed by atoms with E-state index in [1.165, 1.54) is 11.3 Å². The first-order valence-electron chi connectivity index (χ1n) is 5.27. The molecule has 2 aromatic rings. The molecular formula is C13H12ClNOS. The number of hydrogen-bond acceptors (Lipinski definition) is 2. The van der Waals surface area contributed by atoms with E-state index in [0.29, 0.717) is 12.1 Å². The van der Waals surface area contributed by atoms with Crippen molar-refractivity contribution >= 4 is 28.8 Å². The molecule has 0 aliphatic rings. The highest BCUT2D eigenvalue weighted by Crippen LogP contribution is 2.18. The molecule has 0 fully saturated rings. The standard InChI is InChI=1S/C13H12ClNOS/c14-12(10-4-2-1-3-5-10)8-15-13(16)11-6-7-17-9-11/h1-7,9,12H,8H2,(H,15,16). The predicted molar refractivity (Wildman–Crippen MR) is 71.7 cm³/mol. The summed E-state index contributed by atoms with van der Waals surface area (Å²) >= 11 is 7.70. The predicted octanol–water partition coefficient (Wildman–Crippen LogP) is 3.46. The van der Waals surface area contributed by atoms with Crippen molar-refractivity contribution in [1.82, 2.24) is 5.32 Å². The van der Waals surface area contributed by atoms with Crippen molar-refractivity contribution in [1.29, 1.82) is 0 Å². The zero-order valence-corrected chi connectivity index (χ0v) is 10.7. The molecule has 1 unspecified atom stereocenters. The number of benzene rings is 1. The normalized spacial score (nSPS) is 12.1. The SMILES string of the molecule is O=C(NCC(Cl)c1ccccc1)c1ccsc1. The lowest BCUT2D eigenvalue weighted by Crippen LogP contribution is -2.26.